The van der Waals surface area contributed by atoms with Gasteiger partial charge in [0.15, 0.2) is 5.78 Å². The number of Topliss-reactive ketones (excluding diaryl/α,β-unsaturated/α-hetero) is 1. The fourth-order valence-electron chi connectivity index (χ4n) is 2.15. The molecule has 0 N–H and O–H groups in total. The Balaban J connectivity index is 2.40. The third-order valence-electron chi connectivity index (χ3n) is 3.48. The zero-order valence-corrected chi connectivity index (χ0v) is 12.6. The van der Waals surface area contributed by atoms with Gasteiger partial charge in [-0.15, -0.1) is 0 Å². The fourth-order valence-corrected chi connectivity index (χ4v) is 2.34. The Morgan fingerprint density at radius 2 is 1.75 bits per heavy atom. The lowest BCUT2D eigenvalue weighted by Gasteiger charge is -2.24. The van der Waals surface area contributed by atoms with Crippen LogP contribution in [-0.4, -0.2) is 12.9 Å². The summed E-state index contributed by atoms with van der Waals surface area (Å²) in [5.41, 5.74) is 0.985. The summed E-state index contributed by atoms with van der Waals surface area (Å²) in [4.78, 5) is 12.7. The first-order valence-corrected chi connectivity index (χ1v) is 6.78. The molecule has 0 unspecified atom stereocenters. The largest absolute Gasteiger partial charge is 0.495 e. The number of benzene rings is 2. The fraction of sp³-hybridized carbons (Fsp3) is 0.235. The number of carbonyl (C=O) groups is 1. The van der Waals surface area contributed by atoms with Gasteiger partial charge < -0.3 is 4.74 Å². The number of hydrogen-bond acceptors (Lipinski definition) is 2. The summed E-state index contributed by atoms with van der Waals surface area (Å²) in [6.07, 6.45) is 0. The van der Waals surface area contributed by atoms with Gasteiger partial charge in [-0.25, -0.2) is 0 Å². The molecule has 0 saturated carbocycles. The van der Waals surface area contributed by atoms with Crippen LogP contribution in [0.2, 0.25) is 5.02 Å². The number of halogens is 1. The second-order valence-corrected chi connectivity index (χ2v) is 5.58. The number of rotatable bonds is 4. The van der Waals surface area contributed by atoms with Gasteiger partial charge in [-0.05, 0) is 37.6 Å². The highest BCUT2D eigenvalue weighted by Gasteiger charge is 2.30. The summed E-state index contributed by atoms with van der Waals surface area (Å²) in [6.45, 7) is 3.84. The van der Waals surface area contributed by atoms with Crippen molar-refractivity contribution in [2.45, 2.75) is 19.3 Å². The normalized spacial score (nSPS) is 11.2. The third kappa shape index (κ3) is 2.70. The minimum Gasteiger partial charge on any atom is -0.495 e. The first-order chi connectivity index (χ1) is 9.46. The van der Waals surface area contributed by atoms with E-state index in [9.17, 15) is 4.79 Å². The van der Waals surface area contributed by atoms with Crippen LogP contribution < -0.4 is 4.74 Å². The monoisotopic (exact) mass is 288 g/mol. The maximum Gasteiger partial charge on any atom is 0.172 e. The van der Waals surface area contributed by atoms with Crippen molar-refractivity contribution in [3.05, 3.63) is 64.7 Å². The van der Waals surface area contributed by atoms with Gasteiger partial charge in [0.25, 0.3) is 0 Å². The van der Waals surface area contributed by atoms with Crippen LogP contribution in [0.4, 0.5) is 0 Å². The summed E-state index contributed by atoms with van der Waals surface area (Å²) in [5.74, 6) is 0.556. The SMILES string of the molecule is COc1cc(C(=O)C(C)(C)c2ccccc2)ccc1Cl. The number of ether oxygens (including phenoxy) is 1. The van der Waals surface area contributed by atoms with E-state index in [4.69, 9.17) is 16.3 Å². The smallest absolute Gasteiger partial charge is 0.172 e. The number of hydrogen-bond donors (Lipinski definition) is 0. The molecule has 20 heavy (non-hydrogen) atoms. The van der Waals surface area contributed by atoms with Crippen LogP contribution in [0.1, 0.15) is 29.8 Å². The minimum atomic E-state index is -0.597. The van der Waals surface area contributed by atoms with Gasteiger partial charge in [0.05, 0.1) is 17.5 Å². The van der Waals surface area contributed by atoms with Crippen molar-refractivity contribution in [1.82, 2.24) is 0 Å². The van der Waals surface area contributed by atoms with Crippen molar-refractivity contribution in [3.8, 4) is 5.75 Å². The Labute approximate surface area is 124 Å². The van der Waals surface area contributed by atoms with Crippen molar-refractivity contribution in [3.63, 3.8) is 0 Å². The summed E-state index contributed by atoms with van der Waals surface area (Å²) in [7, 11) is 1.54. The lowest BCUT2D eigenvalue weighted by Crippen LogP contribution is -2.29. The van der Waals surface area contributed by atoms with E-state index >= 15 is 0 Å². The van der Waals surface area contributed by atoms with Crippen LogP contribution in [0.25, 0.3) is 0 Å². The Hall–Kier alpha value is -1.80. The Kier molecular flexibility index (Phi) is 4.15. The van der Waals surface area contributed by atoms with Crippen LogP contribution >= 0.6 is 11.6 Å². The quantitative estimate of drug-likeness (QED) is 0.774. The van der Waals surface area contributed by atoms with E-state index in [1.807, 2.05) is 44.2 Å². The van der Waals surface area contributed by atoms with Crippen LogP contribution in [0.5, 0.6) is 5.75 Å². The lowest BCUT2D eigenvalue weighted by atomic mass is 9.78. The minimum absolute atomic E-state index is 0.0404. The second-order valence-electron chi connectivity index (χ2n) is 5.17. The first-order valence-electron chi connectivity index (χ1n) is 6.40. The van der Waals surface area contributed by atoms with E-state index in [0.29, 0.717) is 16.3 Å². The number of carbonyl (C=O) groups excluding carboxylic acids is 1. The molecule has 0 aliphatic rings. The molecule has 0 heterocycles. The maximum absolute atomic E-state index is 12.7. The zero-order valence-electron chi connectivity index (χ0n) is 11.8. The van der Waals surface area contributed by atoms with Gasteiger partial charge >= 0.3 is 0 Å². The molecule has 3 heteroatoms. The van der Waals surface area contributed by atoms with Gasteiger partial charge in [0, 0.05) is 5.56 Å². The van der Waals surface area contributed by atoms with Crippen molar-refractivity contribution >= 4 is 17.4 Å². The van der Waals surface area contributed by atoms with E-state index in [1.165, 1.54) is 7.11 Å². The highest BCUT2D eigenvalue weighted by atomic mass is 35.5. The molecule has 104 valence electrons. The van der Waals surface area contributed by atoms with Gasteiger partial charge in [-0.3, -0.25) is 4.79 Å². The molecule has 2 rings (SSSR count). The summed E-state index contributed by atoms with van der Waals surface area (Å²) in [6, 6.07) is 14.9. The molecule has 2 aromatic carbocycles. The Bertz CT molecular complexity index is 618. The maximum atomic E-state index is 12.7. The summed E-state index contributed by atoms with van der Waals surface area (Å²) in [5, 5.41) is 0.501. The van der Waals surface area contributed by atoms with E-state index in [0.717, 1.165) is 5.56 Å². The average Bonchev–Trinajstić information content (AvgIpc) is 2.48. The van der Waals surface area contributed by atoms with E-state index in [1.54, 1.807) is 18.2 Å². The molecular formula is C17H17ClO2. The van der Waals surface area contributed by atoms with Crippen LogP contribution in [-0.2, 0) is 5.41 Å². The van der Waals surface area contributed by atoms with Gasteiger partial charge in [0.1, 0.15) is 5.75 Å². The van der Waals surface area contributed by atoms with Gasteiger partial charge in [-0.2, -0.15) is 0 Å². The molecular weight excluding hydrogens is 272 g/mol. The van der Waals surface area contributed by atoms with Crippen molar-refractivity contribution < 1.29 is 9.53 Å². The van der Waals surface area contributed by atoms with Gasteiger partial charge in [-0.1, -0.05) is 41.9 Å². The molecule has 0 atom stereocenters. The van der Waals surface area contributed by atoms with Crippen molar-refractivity contribution in [2.24, 2.45) is 0 Å². The van der Waals surface area contributed by atoms with E-state index in [2.05, 4.69) is 0 Å². The highest BCUT2D eigenvalue weighted by Crippen LogP contribution is 2.31. The molecule has 2 nitrogen and oxygen atoms in total. The zero-order chi connectivity index (χ0) is 14.8. The lowest BCUT2D eigenvalue weighted by molar-refractivity contribution is 0.0908. The second kappa shape index (κ2) is 5.68. The molecule has 0 bridgehead atoms. The predicted octanol–water partition coefficient (Wildman–Crippen LogP) is 4.51. The number of ketones is 1. The molecule has 0 fully saturated rings. The van der Waals surface area contributed by atoms with Crippen molar-refractivity contribution in [1.29, 1.82) is 0 Å². The molecule has 0 aliphatic heterocycles. The Morgan fingerprint density at radius 3 is 2.35 bits per heavy atom. The average molecular weight is 289 g/mol. The summed E-state index contributed by atoms with van der Waals surface area (Å²) >= 11 is 6.00. The van der Waals surface area contributed by atoms with E-state index < -0.39 is 5.41 Å². The van der Waals surface area contributed by atoms with Crippen molar-refractivity contribution in [2.75, 3.05) is 7.11 Å². The topological polar surface area (TPSA) is 26.3 Å². The van der Waals surface area contributed by atoms with Crippen LogP contribution in [0.3, 0.4) is 0 Å². The first kappa shape index (κ1) is 14.6. The molecule has 0 aliphatic carbocycles. The molecule has 0 radical (unpaired) electrons. The van der Waals surface area contributed by atoms with Gasteiger partial charge in [0.2, 0.25) is 0 Å². The highest BCUT2D eigenvalue weighted by molar-refractivity contribution is 6.32. The summed E-state index contributed by atoms with van der Waals surface area (Å²) < 4.78 is 5.17. The molecule has 0 spiro atoms. The molecule has 0 saturated heterocycles. The van der Waals surface area contributed by atoms with E-state index in [-0.39, 0.29) is 5.78 Å². The molecule has 0 amide bonds. The molecule has 0 aromatic heterocycles. The molecule has 2 aromatic rings. The standard InChI is InChI=1S/C17H17ClO2/c1-17(2,13-7-5-4-6-8-13)16(19)12-9-10-14(18)15(11-12)20-3/h4-11H,1-3H3. The third-order valence-corrected chi connectivity index (χ3v) is 3.79. The van der Waals surface area contributed by atoms with Crippen LogP contribution in [0.15, 0.2) is 48.5 Å². The Morgan fingerprint density at radius 1 is 1.10 bits per heavy atom. The predicted molar refractivity (Wildman–Crippen MR) is 81.8 cm³/mol. The van der Waals surface area contributed by atoms with Crippen LogP contribution in [0, 0.1) is 0 Å². The number of methoxy groups -OCH3 is 1.